The number of hydrogen-bond donors (Lipinski definition) is 2. The van der Waals surface area contributed by atoms with Crippen LogP contribution in [-0.4, -0.2) is 35.8 Å². The number of pyridine rings is 1. The molecule has 0 saturated heterocycles. The lowest BCUT2D eigenvalue weighted by atomic mass is 10.2. The van der Waals surface area contributed by atoms with Gasteiger partial charge in [-0.1, -0.05) is 0 Å². The van der Waals surface area contributed by atoms with Gasteiger partial charge in [0.05, 0.1) is 29.6 Å². The number of benzene rings is 1. The quantitative estimate of drug-likeness (QED) is 0.705. The molecule has 26 heavy (non-hydrogen) atoms. The molecule has 1 aromatic carbocycles. The van der Waals surface area contributed by atoms with Crippen molar-refractivity contribution in [2.24, 2.45) is 0 Å². The minimum Gasteiger partial charge on any atom is -0.613 e. The Hall–Kier alpha value is -2.46. The number of rotatable bonds is 7. The van der Waals surface area contributed by atoms with Gasteiger partial charge in [-0.2, -0.15) is 8.78 Å². The van der Waals surface area contributed by atoms with Gasteiger partial charge < -0.3 is 29.4 Å². The van der Waals surface area contributed by atoms with Crippen LogP contribution in [0.15, 0.2) is 30.5 Å². The van der Waals surface area contributed by atoms with Gasteiger partial charge in [0.1, 0.15) is 11.4 Å². The first-order valence-corrected chi connectivity index (χ1v) is 8.74. The molecule has 0 spiro atoms. The summed E-state index contributed by atoms with van der Waals surface area (Å²) in [6.07, 6.45) is 1.33. The molecule has 1 unspecified atom stereocenters. The van der Waals surface area contributed by atoms with E-state index >= 15 is 0 Å². The number of fused-ring (bicyclic) bond motifs is 1. The van der Waals surface area contributed by atoms with Gasteiger partial charge in [-0.3, -0.25) is 4.98 Å². The fraction of sp³-hybridized carbons (Fsp3) is 0.312. The molecule has 2 heterocycles. The zero-order valence-electron chi connectivity index (χ0n) is 16.5. The molecule has 140 valence electrons. The molecule has 1 aliphatic heterocycles. The number of halogens is 2. The zero-order chi connectivity index (χ0) is 21.2. The third-order valence-corrected chi connectivity index (χ3v) is 4.91. The second-order valence-electron chi connectivity index (χ2n) is 5.17. The zero-order valence-corrected chi connectivity index (χ0v) is 14.3. The molecule has 0 saturated carbocycles. The highest BCUT2D eigenvalue weighted by Gasteiger charge is 2.31. The fourth-order valence-electron chi connectivity index (χ4n) is 2.49. The van der Waals surface area contributed by atoms with Crippen LogP contribution in [0.4, 0.5) is 20.2 Å². The van der Waals surface area contributed by atoms with Gasteiger partial charge in [-0.25, -0.2) is 0 Å². The van der Waals surface area contributed by atoms with Crippen molar-refractivity contribution in [3.63, 3.8) is 0 Å². The molecule has 0 amide bonds. The highest BCUT2D eigenvalue weighted by Crippen LogP contribution is 2.36. The van der Waals surface area contributed by atoms with Gasteiger partial charge in [0, 0.05) is 18.3 Å². The van der Waals surface area contributed by atoms with Crippen molar-refractivity contribution < 1.29 is 31.7 Å². The number of alkyl halides is 2. The van der Waals surface area contributed by atoms with Crippen molar-refractivity contribution >= 4 is 22.6 Å². The Morgan fingerprint density at radius 3 is 2.85 bits per heavy atom. The highest BCUT2D eigenvalue weighted by atomic mass is 32.2. The number of hydrogen-bond acceptors (Lipinski definition) is 7. The third-order valence-electron chi connectivity index (χ3n) is 3.59. The summed E-state index contributed by atoms with van der Waals surface area (Å²) in [6, 6.07) is 5.60. The van der Waals surface area contributed by atoms with Gasteiger partial charge in [0.2, 0.25) is 0 Å². The Bertz CT molecular complexity index is 876. The van der Waals surface area contributed by atoms with Crippen LogP contribution in [-0.2, 0) is 16.9 Å². The van der Waals surface area contributed by atoms with E-state index < -0.39 is 30.3 Å². The average Bonchev–Trinajstić information content (AvgIpc) is 3.03. The average molecular weight is 388 g/mol. The molecule has 3 rings (SSSR count). The van der Waals surface area contributed by atoms with Crippen LogP contribution in [0.5, 0.6) is 17.2 Å². The number of methoxy groups -OCH3 is 2. The topological polar surface area (TPSA) is 87.7 Å². The Labute approximate surface area is 156 Å². The van der Waals surface area contributed by atoms with Gasteiger partial charge in [0.15, 0.2) is 17.3 Å². The van der Waals surface area contributed by atoms with E-state index in [4.69, 9.17) is 13.6 Å². The third kappa shape index (κ3) is 3.86. The predicted molar refractivity (Wildman–Crippen MR) is 93.3 cm³/mol. The molecule has 0 aliphatic carbocycles. The smallest absolute Gasteiger partial charge is 0.387 e. The maximum Gasteiger partial charge on any atom is 0.387 e. The summed E-state index contributed by atoms with van der Waals surface area (Å²) >= 11 is -1.58. The number of anilines is 2. The number of nitrogens with one attached hydrogen (secondary N) is 2. The van der Waals surface area contributed by atoms with E-state index in [0.29, 0.717) is 11.4 Å². The van der Waals surface area contributed by atoms with Crippen LogP contribution in [0.25, 0.3) is 0 Å². The van der Waals surface area contributed by atoms with Gasteiger partial charge in [0.25, 0.3) is 5.50 Å². The van der Waals surface area contributed by atoms with Crippen molar-refractivity contribution in [2.75, 3.05) is 24.8 Å². The van der Waals surface area contributed by atoms with Crippen LogP contribution in [0.1, 0.15) is 9.81 Å². The van der Waals surface area contributed by atoms with Crippen molar-refractivity contribution in [2.45, 2.75) is 17.9 Å². The van der Waals surface area contributed by atoms with Gasteiger partial charge >= 0.3 is 6.61 Å². The van der Waals surface area contributed by atoms with E-state index in [1.807, 2.05) is 0 Å². The summed E-state index contributed by atoms with van der Waals surface area (Å²) in [5.74, 6) is -0.0863. The van der Waals surface area contributed by atoms with Crippen LogP contribution in [0.3, 0.4) is 0 Å². The Morgan fingerprint density at radius 2 is 2.12 bits per heavy atom. The summed E-state index contributed by atoms with van der Waals surface area (Å²) in [5.41, 5.74) is 0.546. The summed E-state index contributed by atoms with van der Waals surface area (Å²) in [6.45, 7) is -2.95. The van der Waals surface area contributed by atoms with Crippen LogP contribution >= 0.6 is 0 Å². The lowest BCUT2D eigenvalue weighted by Gasteiger charge is -2.19. The molecule has 1 aliphatic rings. The van der Waals surface area contributed by atoms with Gasteiger partial charge in [-0.15, -0.1) is 0 Å². The van der Waals surface area contributed by atoms with E-state index in [1.54, 1.807) is 0 Å². The molecular weight excluding hydrogens is 368 g/mol. The predicted octanol–water partition coefficient (Wildman–Crippen LogP) is 2.77. The minimum atomic E-state index is -2.95. The van der Waals surface area contributed by atoms with E-state index in [9.17, 15) is 13.3 Å². The lowest BCUT2D eigenvalue weighted by molar-refractivity contribution is -0.0497. The van der Waals surface area contributed by atoms with E-state index in [-0.39, 0.29) is 28.7 Å². The number of ether oxygens (including phenoxy) is 3. The Balaban J connectivity index is 1.72. The molecule has 7 nitrogen and oxygen atoms in total. The van der Waals surface area contributed by atoms with Crippen molar-refractivity contribution in [1.29, 1.82) is 0 Å². The second kappa shape index (κ2) is 7.83. The molecule has 2 N–H and O–H groups in total. The monoisotopic (exact) mass is 388 g/mol. The normalized spacial score (nSPS) is 18.7. The first kappa shape index (κ1) is 14.7. The van der Waals surface area contributed by atoms with Crippen molar-refractivity contribution in [3.05, 3.63) is 36.2 Å². The maximum atomic E-state index is 12.8. The van der Waals surface area contributed by atoms with E-state index in [0.717, 1.165) is 0 Å². The molecule has 0 radical (unpaired) electrons. The van der Waals surface area contributed by atoms with E-state index in [1.165, 1.54) is 37.6 Å². The standard InChI is InChI=1S/C16H17F2N3O4S/c1-23-13-5-6-19-12(14(13)24-2)8-26(22)16-20-10-4-3-9(25-15(17)18)7-11(10)21-16/h3-7,15-16,20-21H,8H2,1-2H3/t16-,26?/m1/s1/i1D3. The molecule has 2 aromatic rings. The maximum absolute atomic E-state index is 12.8. The van der Waals surface area contributed by atoms with Crippen molar-refractivity contribution in [3.8, 4) is 17.2 Å². The molecule has 10 heteroatoms. The minimum absolute atomic E-state index is 0.0302. The van der Waals surface area contributed by atoms with Crippen LogP contribution in [0.2, 0.25) is 0 Å². The van der Waals surface area contributed by atoms with Crippen molar-refractivity contribution in [1.82, 2.24) is 4.98 Å². The molecule has 0 bridgehead atoms. The largest absolute Gasteiger partial charge is 0.613 e. The number of nitrogens with zero attached hydrogens (tertiary/aromatic N) is 1. The number of aromatic nitrogens is 1. The molecular formula is C16H17F2N3O4S. The SMILES string of the molecule is [2H]C([2H])([2H])Oc1ccnc(C[S+]([O-])[C@@H]2Nc3ccc(OC(F)F)cc3N2)c1OC. The molecule has 2 atom stereocenters. The van der Waals surface area contributed by atoms with E-state index in [2.05, 4.69) is 20.4 Å². The Kier molecular flexibility index (Phi) is 4.42. The summed E-state index contributed by atoms with van der Waals surface area (Å²) in [7, 11) is -1.36. The second-order valence-corrected chi connectivity index (χ2v) is 6.69. The summed E-state index contributed by atoms with van der Waals surface area (Å²) in [5, 5.41) is 5.91. The summed E-state index contributed by atoms with van der Waals surface area (Å²) in [4.78, 5) is 4.11. The molecule has 0 fully saturated rings. The summed E-state index contributed by atoms with van der Waals surface area (Å²) < 4.78 is 73.6. The molecule has 1 aromatic heterocycles. The lowest BCUT2D eigenvalue weighted by Crippen LogP contribution is -2.33. The Morgan fingerprint density at radius 1 is 1.31 bits per heavy atom. The van der Waals surface area contributed by atoms with Crippen LogP contribution < -0.4 is 24.8 Å². The fourth-order valence-corrected chi connectivity index (χ4v) is 3.64. The van der Waals surface area contributed by atoms with Crippen LogP contribution in [0, 0.1) is 0 Å². The first-order chi connectivity index (χ1) is 13.7. The first-order valence-electron chi connectivity index (χ1n) is 8.86. The highest BCUT2D eigenvalue weighted by molar-refractivity contribution is 7.91. The van der Waals surface area contributed by atoms with Gasteiger partial charge in [-0.05, 0) is 23.3 Å².